The zero-order valence-corrected chi connectivity index (χ0v) is 15.9. The monoisotopic (exact) mass is 361 g/mol. The Morgan fingerprint density at radius 3 is 2.81 bits per heavy atom. The van der Waals surface area contributed by atoms with E-state index in [1.54, 1.807) is 18.0 Å². The average Bonchev–Trinajstić information content (AvgIpc) is 3.19. The van der Waals surface area contributed by atoms with Crippen LogP contribution in [0.1, 0.15) is 53.1 Å². The van der Waals surface area contributed by atoms with E-state index in [4.69, 9.17) is 9.47 Å². The standard InChI is InChI=1S/C18H27N5O3/c1-5-16-15(18(25-4)22(3)21-16)10-19-17(24)14-11-20-23(12(14)2)13-6-8-26-9-7-13/h11,13H,5-10H2,1-4H3,(H,19,24). The summed E-state index contributed by atoms with van der Waals surface area (Å²) in [5, 5.41) is 11.9. The average molecular weight is 361 g/mol. The number of rotatable bonds is 6. The van der Waals surface area contributed by atoms with Crippen molar-refractivity contribution in [1.82, 2.24) is 24.9 Å². The Hall–Kier alpha value is -2.35. The predicted molar refractivity (Wildman–Crippen MR) is 96.4 cm³/mol. The number of nitrogens with one attached hydrogen (secondary N) is 1. The number of methoxy groups -OCH3 is 1. The van der Waals surface area contributed by atoms with Gasteiger partial charge in [0.2, 0.25) is 5.88 Å². The van der Waals surface area contributed by atoms with E-state index in [1.165, 1.54) is 0 Å². The predicted octanol–water partition coefficient (Wildman–Crippen LogP) is 1.78. The summed E-state index contributed by atoms with van der Waals surface area (Å²) >= 11 is 0. The molecule has 0 aliphatic carbocycles. The van der Waals surface area contributed by atoms with Crippen molar-refractivity contribution in [2.24, 2.45) is 7.05 Å². The van der Waals surface area contributed by atoms with Crippen molar-refractivity contribution < 1.29 is 14.3 Å². The van der Waals surface area contributed by atoms with Gasteiger partial charge in [-0.05, 0) is 26.2 Å². The third-order valence-electron chi connectivity index (χ3n) is 4.95. The first-order chi connectivity index (χ1) is 12.6. The van der Waals surface area contributed by atoms with Crippen LogP contribution >= 0.6 is 0 Å². The fourth-order valence-corrected chi connectivity index (χ4v) is 3.53. The second-order valence-electron chi connectivity index (χ2n) is 6.53. The van der Waals surface area contributed by atoms with Gasteiger partial charge >= 0.3 is 0 Å². The molecule has 3 heterocycles. The van der Waals surface area contributed by atoms with Crippen molar-refractivity contribution in [3.05, 3.63) is 28.7 Å². The number of hydrogen-bond acceptors (Lipinski definition) is 5. The molecule has 8 heteroatoms. The van der Waals surface area contributed by atoms with E-state index >= 15 is 0 Å². The van der Waals surface area contributed by atoms with E-state index < -0.39 is 0 Å². The quantitative estimate of drug-likeness (QED) is 0.848. The molecule has 0 atom stereocenters. The molecular weight excluding hydrogens is 334 g/mol. The van der Waals surface area contributed by atoms with Crippen LogP contribution in [0.3, 0.4) is 0 Å². The van der Waals surface area contributed by atoms with Gasteiger partial charge in [0, 0.05) is 26.0 Å². The summed E-state index contributed by atoms with van der Waals surface area (Å²) in [6.07, 6.45) is 4.29. The Kier molecular flexibility index (Phi) is 5.61. The van der Waals surface area contributed by atoms with Crippen molar-refractivity contribution >= 4 is 5.91 Å². The zero-order chi connectivity index (χ0) is 18.7. The van der Waals surface area contributed by atoms with E-state index in [2.05, 4.69) is 15.5 Å². The number of hydrogen-bond donors (Lipinski definition) is 1. The molecule has 2 aromatic heterocycles. The van der Waals surface area contributed by atoms with Gasteiger partial charge in [0.15, 0.2) is 0 Å². The smallest absolute Gasteiger partial charge is 0.255 e. The molecule has 2 aromatic rings. The maximum absolute atomic E-state index is 12.7. The van der Waals surface area contributed by atoms with Gasteiger partial charge in [0.1, 0.15) is 0 Å². The fourth-order valence-electron chi connectivity index (χ4n) is 3.53. The maximum Gasteiger partial charge on any atom is 0.255 e. The summed E-state index contributed by atoms with van der Waals surface area (Å²) in [5.41, 5.74) is 3.35. The summed E-state index contributed by atoms with van der Waals surface area (Å²) in [6.45, 7) is 5.84. The SMILES string of the molecule is CCc1nn(C)c(OC)c1CNC(=O)c1cnn(C2CCOCC2)c1C. The highest BCUT2D eigenvalue weighted by Gasteiger charge is 2.22. The highest BCUT2D eigenvalue weighted by molar-refractivity contribution is 5.95. The summed E-state index contributed by atoms with van der Waals surface area (Å²) < 4.78 is 14.5. The lowest BCUT2D eigenvalue weighted by Crippen LogP contribution is -2.25. The van der Waals surface area contributed by atoms with Crippen LogP contribution in [0.25, 0.3) is 0 Å². The van der Waals surface area contributed by atoms with E-state index in [-0.39, 0.29) is 5.91 Å². The number of amides is 1. The van der Waals surface area contributed by atoms with E-state index in [1.807, 2.05) is 25.6 Å². The molecule has 1 N–H and O–H groups in total. The fraction of sp³-hybridized carbons (Fsp3) is 0.611. The Morgan fingerprint density at radius 1 is 1.42 bits per heavy atom. The van der Waals surface area contributed by atoms with Gasteiger partial charge in [-0.15, -0.1) is 0 Å². The highest BCUT2D eigenvalue weighted by atomic mass is 16.5. The molecule has 0 aromatic carbocycles. The number of carbonyl (C=O) groups is 1. The topological polar surface area (TPSA) is 83.2 Å². The van der Waals surface area contributed by atoms with Gasteiger partial charge in [-0.25, -0.2) is 4.68 Å². The maximum atomic E-state index is 12.7. The van der Waals surface area contributed by atoms with Gasteiger partial charge in [-0.1, -0.05) is 6.92 Å². The summed E-state index contributed by atoms with van der Waals surface area (Å²) in [4.78, 5) is 12.7. The molecule has 1 aliphatic rings. The first-order valence-electron chi connectivity index (χ1n) is 9.05. The molecule has 0 spiro atoms. The van der Waals surface area contributed by atoms with Gasteiger partial charge in [0.25, 0.3) is 5.91 Å². The molecule has 1 aliphatic heterocycles. The summed E-state index contributed by atoms with van der Waals surface area (Å²) in [5.74, 6) is 0.547. The lowest BCUT2D eigenvalue weighted by molar-refractivity contribution is 0.0656. The van der Waals surface area contributed by atoms with E-state index in [0.717, 1.165) is 49.4 Å². The number of nitrogens with zero attached hydrogens (tertiary/aromatic N) is 4. The molecule has 0 bridgehead atoms. The van der Waals surface area contributed by atoms with Crippen LogP contribution in [0.2, 0.25) is 0 Å². The van der Waals surface area contributed by atoms with Crippen LogP contribution < -0.4 is 10.1 Å². The van der Waals surface area contributed by atoms with Crippen LogP contribution in [0.4, 0.5) is 0 Å². The molecule has 26 heavy (non-hydrogen) atoms. The lowest BCUT2D eigenvalue weighted by atomic mass is 10.1. The van der Waals surface area contributed by atoms with Crippen molar-refractivity contribution in [3.63, 3.8) is 0 Å². The molecule has 1 saturated heterocycles. The molecule has 0 radical (unpaired) electrons. The Balaban J connectivity index is 1.72. The van der Waals surface area contributed by atoms with Crippen LogP contribution in [0, 0.1) is 6.92 Å². The molecule has 8 nitrogen and oxygen atoms in total. The first-order valence-corrected chi connectivity index (χ1v) is 9.05. The summed E-state index contributed by atoms with van der Waals surface area (Å²) in [6, 6.07) is 0.301. The molecule has 142 valence electrons. The number of aryl methyl sites for hydroxylation is 2. The van der Waals surface area contributed by atoms with Gasteiger partial charge in [-0.2, -0.15) is 10.2 Å². The largest absolute Gasteiger partial charge is 0.481 e. The second-order valence-corrected chi connectivity index (χ2v) is 6.53. The Labute approximate surface area is 153 Å². The Morgan fingerprint density at radius 2 is 2.15 bits per heavy atom. The molecule has 0 unspecified atom stereocenters. The van der Waals surface area contributed by atoms with Gasteiger partial charge < -0.3 is 14.8 Å². The summed E-state index contributed by atoms with van der Waals surface area (Å²) in [7, 11) is 3.45. The van der Waals surface area contributed by atoms with Crippen molar-refractivity contribution in [2.75, 3.05) is 20.3 Å². The number of carbonyl (C=O) groups excluding carboxylic acids is 1. The third-order valence-corrected chi connectivity index (χ3v) is 4.95. The minimum atomic E-state index is -0.131. The number of aromatic nitrogens is 4. The molecular formula is C18H27N5O3. The molecule has 0 saturated carbocycles. The molecule has 3 rings (SSSR count). The normalized spacial score (nSPS) is 15.2. The molecule has 1 amide bonds. The van der Waals surface area contributed by atoms with Crippen LogP contribution in [0.15, 0.2) is 6.20 Å². The highest BCUT2D eigenvalue weighted by Crippen LogP contribution is 2.24. The van der Waals surface area contributed by atoms with Crippen LogP contribution in [-0.4, -0.2) is 45.8 Å². The van der Waals surface area contributed by atoms with Crippen molar-refractivity contribution in [3.8, 4) is 5.88 Å². The van der Waals surface area contributed by atoms with Gasteiger partial charge in [0.05, 0.1) is 42.7 Å². The third kappa shape index (κ3) is 3.46. The number of ether oxygens (including phenoxy) is 2. The van der Waals surface area contributed by atoms with E-state index in [9.17, 15) is 4.79 Å². The van der Waals surface area contributed by atoms with Crippen LogP contribution in [0.5, 0.6) is 5.88 Å². The zero-order valence-electron chi connectivity index (χ0n) is 15.9. The van der Waals surface area contributed by atoms with E-state index in [0.29, 0.717) is 24.0 Å². The minimum absolute atomic E-state index is 0.131. The lowest BCUT2D eigenvalue weighted by Gasteiger charge is -2.23. The van der Waals surface area contributed by atoms with Crippen LogP contribution in [-0.2, 0) is 24.8 Å². The Bertz CT molecular complexity index is 774. The first kappa shape index (κ1) is 18.4. The molecule has 1 fully saturated rings. The van der Waals surface area contributed by atoms with Crippen molar-refractivity contribution in [2.45, 2.75) is 45.7 Å². The second kappa shape index (κ2) is 7.90. The van der Waals surface area contributed by atoms with Crippen molar-refractivity contribution in [1.29, 1.82) is 0 Å². The minimum Gasteiger partial charge on any atom is -0.481 e. The van der Waals surface area contributed by atoms with Gasteiger partial charge in [-0.3, -0.25) is 9.48 Å².